The van der Waals surface area contributed by atoms with E-state index in [-0.39, 0.29) is 18.1 Å². The molecule has 3 aromatic rings. The molecule has 1 unspecified atom stereocenters. The molecule has 1 atom stereocenters. The lowest BCUT2D eigenvalue weighted by atomic mass is 9.96. The molecular weight excluding hydrogens is 304 g/mol. The summed E-state index contributed by atoms with van der Waals surface area (Å²) in [6.07, 6.45) is 1.56. The van der Waals surface area contributed by atoms with Gasteiger partial charge >= 0.3 is 0 Å². The van der Waals surface area contributed by atoms with E-state index in [0.29, 0.717) is 0 Å². The molecule has 0 saturated carbocycles. The van der Waals surface area contributed by atoms with Crippen molar-refractivity contribution < 1.29 is 9.90 Å². The van der Waals surface area contributed by atoms with Crippen LogP contribution in [-0.4, -0.2) is 32.6 Å². The zero-order chi connectivity index (χ0) is 17.0. The monoisotopic (exact) mass is 322 g/mol. The van der Waals surface area contributed by atoms with Crippen molar-refractivity contribution in [3.05, 3.63) is 78.1 Å². The Kier molecular flexibility index (Phi) is 4.39. The number of hydrogen-bond donors (Lipinski definition) is 2. The third kappa shape index (κ3) is 3.49. The van der Waals surface area contributed by atoms with Gasteiger partial charge in [0, 0.05) is 0 Å². The Morgan fingerprint density at radius 1 is 1.12 bits per heavy atom. The van der Waals surface area contributed by atoms with Crippen LogP contribution in [0.3, 0.4) is 0 Å². The van der Waals surface area contributed by atoms with Crippen molar-refractivity contribution in [3.63, 3.8) is 0 Å². The van der Waals surface area contributed by atoms with E-state index in [9.17, 15) is 9.90 Å². The lowest BCUT2D eigenvalue weighted by Crippen LogP contribution is -2.38. The molecular formula is C18H18N4O2. The van der Waals surface area contributed by atoms with Crippen LogP contribution in [0.4, 0.5) is 0 Å². The van der Waals surface area contributed by atoms with E-state index in [1.165, 1.54) is 4.68 Å². The Morgan fingerprint density at radius 2 is 1.75 bits per heavy atom. The Labute approximate surface area is 139 Å². The summed E-state index contributed by atoms with van der Waals surface area (Å²) in [4.78, 5) is 12.2. The molecule has 1 heterocycles. The van der Waals surface area contributed by atoms with Crippen LogP contribution in [0, 0.1) is 0 Å². The predicted octanol–water partition coefficient (Wildman–Crippen LogP) is 1.90. The third-order valence-corrected chi connectivity index (χ3v) is 3.74. The maximum Gasteiger partial charge on any atom is 0.273 e. The Balaban J connectivity index is 1.67. The average molecular weight is 322 g/mol. The van der Waals surface area contributed by atoms with Gasteiger partial charge in [0.25, 0.3) is 5.91 Å². The first-order valence-corrected chi connectivity index (χ1v) is 7.60. The van der Waals surface area contributed by atoms with Crippen molar-refractivity contribution in [2.24, 2.45) is 0 Å². The summed E-state index contributed by atoms with van der Waals surface area (Å²) in [6, 6.07) is 18.6. The quantitative estimate of drug-likeness (QED) is 0.752. The summed E-state index contributed by atoms with van der Waals surface area (Å²) >= 11 is 0. The molecule has 0 radical (unpaired) electrons. The van der Waals surface area contributed by atoms with Crippen LogP contribution in [-0.2, 0) is 5.60 Å². The first-order valence-electron chi connectivity index (χ1n) is 7.60. The van der Waals surface area contributed by atoms with Crippen LogP contribution in [0.1, 0.15) is 23.0 Å². The van der Waals surface area contributed by atoms with Gasteiger partial charge in [0.15, 0.2) is 5.69 Å². The third-order valence-electron chi connectivity index (χ3n) is 3.74. The number of aromatic nitrogens is 3. The SMILES string of the molecule is CC(O)(CNC(=O)c1cn(-c2ccccc2)nn1)c1ccccc1. The van der Waals surface area contributed by atoms with E-state index in [2.05, 4.69) is 15.6 Å². The van der Waals surface area contributed by atoms with Crippen LogP contribution in [0.5, 0.6) is 0 Å². The summed E-state index contributed by atoms with van der Waals surface area (Å²) < 4.78 is 1.53. The van der Waals surface area contributed by atoms with Gasteiger partial charge in [-0.1, -0.05) is 53.7 Å². The molecule has 0 fully saturated rings. The number of amides is 1. The normalized spacial score (nSPS) is 13.2. The second kappa shape index (κ2) is 6.64. The lowest BCUT2D eigenvalue weighted by Gasteiger charge is -2.23. The minimum Gasteiger partial charge on any atom is -0.384 e. The zero-order valence-corrected chi connectivity index (χ0v) is 13.3. The van der Waals surface area contributed by atoms with Crippen molar-refractivity contribution in [1.82, 2.24) is 20.3 Å². The number of carbonyl (C=O) groups excluding carboxylic acids is 1. The molecule has 1 aromatic heterocycles. The van der Waals surface area contributed by atoms with Crippen LogP contribution in [0.25, 0.3) is 5.69 Å². The molecule has 1 amide bonds. The van der Waals surface area contributed by atoms with E-state index in [1.807, 2.05) is 60.7 Å². The predicted molar refractivity (Wildman–Crippen MR) is 89.7 cm³/mol. The maximum absolute atomic E-state index is 12.2. The first kappa shape index (κ1) is 15.9. The molecule has 122 valence electrons. The minimum absolute atomic E-state index is 0.0774. The summed E-state index contributed by atoms with van der Waals surface area (Å²) in [5, 5.41) is 21.0. The van der Waals surface area contributed by atoms with Gasteiger partial charge in [-0.2, -0.15) is 0 Å². The molecule has 24 heavy (non-hydrogen) atoms. The maximum atomic E-state index is 12.2. The summed E-state index contributed by atoms with van der Waals surface area (Å²) in [5.41, 5.74) is 0.591. The number of benzene rings is 2. The molecule has 0 aliphatic carbocycles. The highest BCUT2D eigenvalue weighted by Gasteiger charge is 2.24. The molecule has 6 heteroatoms. The van der Waals surface area contributed by atoms with Gasteiger partial charge in [-0.15, -0.1) is 5.10 Å². The van der Waals surface area contributed by atoms with Crippen molar-refractivity contribution in [2.45, 2.75) is 12.5 Å². The molecule has 2 aromatic carbocycles. The summed E-state index contributed by atoms with van der Waals surface area (Å²) in [7, 11) is 0. The van der Waals surface area contributed by atoms with Gasteiger partial charge < -0.3 is 10.4 Å². The fourth-order valence-corrected chi connectivity index (χ4v) is 2.32. The van der Waals surface area contributed by atoms with Gasteiger partial charge in [0.1, 0.15) is 5.60 Å². The number of nitrogens with one attached hydrogen (secondary N) is 1. The average Bonchev–Trinajstić information content (AvgIpc) is 3.11. The molecule has 0 bridgehead atoms. The number of hydrogen-bond acceptors (Lipinski definition) is 4. The number of para-hydroxylation sites is 1. The number of rotatable bonds is 5. The molecule has 0 saturated heterocycles. The van der Waals surface area contributed by atoms with Crippen LogP contribution in [0.15, 0.2) is 66.9 Å². The van der Waals surface area contributed by atoms with E-state index >= 15 is 0 Å². The molecule has 0 aliphatic rings. The number of nitrogens with zero attached hydrogens (tertiary/aromatic N) is 3. The highest BCUT2D eigenvalue weighted by atomic mass is 16.3. The molecule has 3 rings (SSSR count). The number of carbonyl (C=O) groups is 1. The topological polar surface area (TPSA) is 80.0 Å². The van der Waals surface area contributed by atoms with Crippen LogP contribution < -0.4 is 5.32 Å². The fourth-order valence-electron chi connectivity index (χ4n) is 2.32. The highest BCUT2D eigenvalue weighted by molar-refractivity contribution is 5.91. The standard InChI is InChI=1S/C18H18N4O2/c1-18(24,14-8-4-2-5-9-14)13-19-17(23)16-12-22(21-20-16)15-10-6-3-7-11-15/h2-12,24H,13H2,1H3,(H,19,23). The second-order valence-electron chi connectivity index (χ2n) is 5.71. The van der Waals surface area contributed by atoms with Gasteiger partial charge in [-0.3, -0.25) is 4.79 Å². The molecule has 2 N–H and O–H groups in total. The molecule has 6 nitrogen and oxygen atoms in total. The smallest absolute Gasteiger partial charge is 0.273 e. The van der Waals surface area contributed by atoms with Crippen LogP contribution >= 0.6 is 0 Å². The highest BCUT2D eigenvalue weighted by Crippen LogP contribution is 2.19. The summed E-state index contributed by atoms with van der Waals surface area (Å²) in [6.45, 7) is 1.73. The largest absolute Gasteiger partial charge is 0.384 e. The Hall–Kier alpha value is -2.99. The van der Waals surface area contributed by atoms with E-state index < -0.39 is 5.60 Å². The van der Waals surface area contributed by atoms with Crippen molar-refractivity contribution in [1.29, 1.82) is 0 Å². The summed E-state index contributed by atoms with van der Waals surface area (Å²) in [5.74, 6) is -0.381. The van der Waals surface area contributed by atoms with Gasteiger partial charge in [-0.25, -0.2) is 4.68 Å². The van der Waals surface area contributed by atoms with Crippen molar-refractivity contribution >= 4 is 5.91 Å². The lowest BCUT2D eigenvalue weighted by molar-refractivity contribution is 0.0525. The molecule has 0 spiro atoms. The Bertz CT molecular complexity index is 813. The number of aliphatic hydroxyl groups is 1. The fraction of sp³-hybridized carbons (Fsp3) is 0.167. The van der Waals surface area contributed by atoms with E-state index in [1.54, 1.807) is 13.1 Å². The van der Waals surface area contributed by atoms with Crippen molar-refractivity contribution in [3.8, 4) is 5.69 Å². The van der Waals surface area contributed by atoms with Gasteiger partial charge in [-0.05, 0) is 24.6 Å². The van der Waals surface area contributed by atoms with Crippen molar-refractivity contribution in [2.75, 3.05) is 6.54 Å². The zero-order valence-electron chi connectivity index (χ0n) is 13.3. The molecule has 0 aliphatic heterocycles. The van der Waals surface area contributed by atoms with Gasteiger partial charge in [0.05, 0.1) is 18.4 Å². The minimum atomic E-state index is -1.16. The van der Waals surface area contributed by atoms with Crippen LogP contribution in [0.2, 0.25) is 0 Å². The van der Waals surface area contributed by atoms with Gasteiger partial charge in [0.2, 0.25) is 0 Å². The second-order valence-corrected chi connectivity index (χ2v) is 5.71. The van der Waals surface area contributed by atoms with E-state index in [4.69, 9.17) is 0 Å². The van der Waals surface area contributed by atoms with E-state index in [0.717, 1.165) is 11.3 Å². The first-order chi connectivity index (χ1) is 11.6. The Morgan fingerprint density at radius 3 is 2.42 bits per heavy atom.